The molecule has 17 heavy (non-hydrogen) atoms. The SMILES string of the molecule is CN(CC1CCCN1C)c1cnc(CN)cn1. The predicted molar refractivity (Wildman–Crippen MR) is 68.8 cm³/mol. The van der Waals surface area contributed by atoms with Gasteiger partial charge in [0.2, 0.25) is 0 Å². The van der Waals surface area contributed by atoms with Crippen LogP contribution in [0.1, 0.15) is 18.5 Å². The first kappa shape index (κ1) is 12.3. The first-order valence-electron chi connectivity index (χ1n) is 6.13. The quantitative estimate of drug-likeness (QED) is 0.822. The zero-order chi connectivity index (χ0) is 12.3. The Morgan fingerprint density at radius 2 is 2.29 bits per heavy atom. The van der Waals surface area contributed by atoms with E-state index in [1.807, 2.05) is 0 Å². The van der Waals surface area contributed by atoms with Gasteiger partial charge in [-0.15, -0.1) is 0 Å². The average Bonchev–Trinajstić information content (AvgIpc) is 2.75. The van der Waals surface area contributed by atoms with E-state index in [4.69, 9.17) is 5.73 Å². The first-order valence-corrected chi connectivity index (χ1v) is 6.13. The van der Waals surface area contributed by atoms with E-state index in [0.717, 1.165) is 18.1 Å². The number of rotatable bonds is 4. The second-order valence-corrected chi connectivity index (χ2v) is 4.73. The molecular formula is C12H21N5. The van der Waals surface area contributed by atoms with Gasteiger partial charge in [0.05, 0.1) is 18.1 Å². The average molecular weight is 235 g/mol. The molecule has 1 aliphatic rings. The van der Waals surface area contributed by atoms with Crippen molar-refractivity contribution < 1.29 is 0 Å². The van der Waals surface area contributed by atoms with Crippen molar-refractivity contribution in [1.82, 2.24) is 14.9 Å². The number of likely N-dealkylation sites (N-methyl/N-ethyl adjacent to an activating group) is 2. The number of nitrogens with two attached hydrogens (primary N) is 1. The van der Waals surface area contributed by atoms with Crippen molar-refractivity contribution in [2.45, 2.75) is 25.4 Å². The molecule has 0 spiro atoms. The summed E-state index contributed by atoms with van der Waals surface area (Å²) in [5.74, 6) is 0.919. The molecule has 0 aromatic carbocycles. The summed E-state index contributed by atoms with van der Waals surface area (Å²) >= 11 is 0. The molecule has 0 amide bonds. The van der Waals surface area contributed by atoms with E-state index >= 15 is 0 Å². The van der Waals surface area contributed by atoms with Crippen molar-refractivity contribution >= 4 is 5.82 Å². The number of aromatic nitrogens is 2. The lowest BCUT2D eigenvalue weighted by Gasteiger charge is -2.26. The highest BCUT2D eigenvalue weighted by atomic mass is 15.2. The topological polar surface area (TPSA) is 58.3 Å². The van der Waals surface area contributed by atoms with Crippen molar-refractivity contribution in [2.75, 3.05) is 32.1 Å². The lowest BCUT2D eigenvalue weighted by Crippen LogP contribution is -2.37. The smallest absolute Gasteiger partial charge is 0.146 e. The summed E-state index contributed by atoms with van der Waals surface area (Å²) in [5, 5.41) is 0. The van der Waals surface area contributed by atoms with Crippen LogP contribution in [0.5, 0.6) is 0 Å². The van der Waals surface area contributed by atoms with Gasteiger partial charge in [0.15, 0.2) is 0 Å². The van der Waals surface area contributed by atoms with Crippen molar-refractivity contribution in [2.24, 2.45) is 5.73 Å². The Labute approximate surface area is 103 Å². The maximum absolute atomic E-state index is 5.50. The monoisotopic (exact) mass is 235 g/mol. The molecule has 1 aliphatic heterocycles. The van der Waals surface area contributed by atoms with Gasteiger partial charge >= 0.3 is 0 Å². The van der Waals surface area contributed by atoms with Gasteiger partial charge in [-0.05, 0) is 26.4 Å². The molecule has 0 radical (unpaired) electrons. The molecular weight excluding hydrogens is 214 g/mol. The summed E-state index contributed by atoms with van der Waals surface area (Å²) in [6.45, 7) is 2.66. The Morgan fingerprint density at radius 3 is 2.82 bits per heavy atom. The Hall–Kier alpha value is -1.20. The standard InChI is InChI=1S/C12H21N5/c1-16-5-3-4-11(16)9-17(2)12-8-14-10(6-13)7-15-12/h7-8,11H,3-6,9,13H2,1-2H3. The van der Waals surface area contributed by atoms with Crippen LogP contribution < -0.4 is 10.6 Å². The minimum atomic E-state index is 0.447. The number of hydrogen-bond acceptors (Lipinski definition) is 5. The van der Waals surface area contributed by atoms with Gasteiger partial charge in [0, 0.05) is 26.2 Å². The molecule has 1 saturated heterocycles. The van der Waals surface area contributed by atoms with Gasteiger partial charge in [-0.25, -0.2) is 4.98 Å². The van der Waals surface area contributed by atoms with Crippen LogP contribution in [0, 0.1) is 0 Å². The van der Waals surface area contributed by atoms with Gasteiger partial charge in [-0.3, -0.25) is 4.98 Å². The van der Waals surface area contributed by atoms with E-state index in [1.165, 1.54) is 19.4 Å². The summed E-state index contributed by atoms with van der Waals surface area (Å²) in [4.78, 5) is 13.2. The zero-order valence-corrected chi connectivity index (χ0v) is 10.6. The van der Waals surface area contributed by atoms with Crippen LogP contribution in [0.4, 0.5) is 5.82 Å². The van der Waals surface area contributed by atoms with Crippen LogP contribution >= 0.6 is 0 Å². The van der Waals surface area contributed by atoms with Crippen LogP contribution in [0.15, 0.2) is 12.4 Å². The largest absolute Gasteiger partial charge is 0.357 e. The minimum Gasteiger partial charge on any atom is -0.357 e. The first-order chi connectivity index (χ1) is 8.20. The normalized spacial score (nSPS) is 20.8. The third-order valence-corrected chi connectivity index (χ3v) is 3.45. The fourth-order valence-electron chi connectivity index (χ4n) is 2.27. The van der Waals surface area contributed by atoms with Crippen molar-refractivity contribution in [1.29, 1.82) is 0 Å². The van der Waals surface area contributed by atoms with E-state index in [9.17, 15) is 0 Å². The summed E-state index contributed by atoms with van der Waals surface area (Å²) in [5.41, 5.74) is 6.34. The molecule has 0 bridgehead atoms. The fraction of sp³-hybridized carbons (Fsp3) is 0.667. The molecule has 1 unspecified atom stereocenters. The minimum absolute atomic E-state index is 0.447. The van der Waals surface area contributed by atoms with Crippen LogP contribution in [0.2, 0.25) is 0 Å². The Balaban J connectivity index is 1.96. The number of nitrogens with zero attached hydrogens (tertiary/aromatic N) is 4. The number of likely N-dealkylation sites (tertiary alicyclic amines) is 1. The molecule has 2 rings (SSSR count). The van der Waals surface area contributed by atoms with Gasteiger partial charge in [-0.1, -0.05) is 0 Å². The third-order valence-electron chi connectivity index (χ3n) is 3.45. The van der Waals surface area contributed by atoms with Gasteiger partial charge < -0.3 is 15.5 Å². The summed E-state index contributed by atoms with van der Waals surface area (Å²) < 4.78 is 0. The lowest BCUT2D eigenvalue weighted by atomic mass is 10.2. The van der Waals surface area contributed by atoms with E-state index in [-0.39, 0.29) is 0 Å². The second kappa shape index (κ2) is 5.42. The van der Waals surface area contributed by atoms with Gasteiger partial charge in [-0.2, -0.15) is 0 Å². The molecule has 0 aliphatic carbocycles. The van der Waals surface area contributed by atoms with E-state index in [1.54, 1.807) is 12.4 Å². The highest BCUT2D eigenvalue weighted by Gasteiger charge is 2.22. The second-order valence-electron chi connectivity index (χ2n) is 4.73. The molecule has 1 aromatic heterocycles. The third kappa shape index (κ3) is 2.92. The van der Waals surface area contributed by atoms with Crippen LogP contribution in [0.25, 0.3) is 0 Å². The van der Waals surface area contributed by atoms with E-state index < -0.39 is 0 Å². The van der Waals surface area contributed by atoms with Crippen LogP contribution in [-0.4, -0.2) is 48.1 Å². The highest BCUT2D eigenvalue weighted by Crippen LogP contribution is 2.17. The molecule has 2 heterocycles. The maximum Gasteiger partial charge on any atom is 0.146 e. The highest BCUT2D eigenvalue weighted by molar-refractivity contribution is 5.34. The van der Waals surface area contributed by atoms with Crippen molar-refractivity contribution in [3.05, 3.63) is 18.1 Å². The summed E-state index contributed by atoms with van der Waals surface area (Å²) in [6.07, 6.45) is 6.13. The van der Waals surface area contributed by atoms with Crippen LogP contribution in [-0.2, 0) is 6.54 Å². The molecule has 1 aromatic rings. The molecule has 5 heteroatoms. The molecule has 5 nitrogen and oxygen atoms in total. The van der Waals surface area contributed by atoms with Gasteiger partial charge in [0.1, 0.15) is 5.82 Å². The number of anilines is 1. The van der Waals surface area contributed by atoms with E-state index in [0.29, 0.717) is 12.6 Å². The van der Waals surface area contributed by atoms with E-state index in [2.05, 4.69) is 33.9 Å². The predicted octanol–water partition coefficient (Wildman–Crippen LogP) is 0.466. The molecule has 2 N–H and O–H groups in total. The van der Waals surface area contributed by atoms with Crippen molar-refractivity contribution in [3.63, 3.8) is 0 Å². The summed E-state index contributed by atoms with van der Waals surface area (Å²) in [7, 11) is 4.26. The number of hydrogen-bond donors (Lipinski definition) is 1. The van der Waals surface area contributed by atoms with Crippen molar-refractivity contribution in [3.8, 4) is 0 Å². The summed E-state index contributed by atoms with van der Waals surface area (Å²) in [6, 6.07) is 0.635. The van der Waals surface area contributed by atoms with Gasteiger partial charge in [0.25, 0.3) is 0 Å². The molecule has 94 valence electrons. The fourth-order valence-corrected chi connectivity index (χ4v) is 2.27. The Kier molecular flexibility index (Phi) is 3.91. The molecule has 1 atom stereocenters. The molecule has 0 saturated carbocycles. The Bertz CT molecular complexity index is 350. The molecule has 1 fully saturated rings. The van der Waals surface area contributed by atoms with Crippen LogP contribution in [0.3, 0.4) is 0 Å². The lowest BCUT2D eigenvalue weighted by molar-refractivity contribution is 0.314. The zero-order valence-electron chi connectivity index (χ0n) is 10.6. The Morgan fingerprint density at radius 1 is 1.47 bits per heavy atom. The maximum atomic E-state index is 5.50.